The van der Waals surface area contributed by atoms with E-state index < -0.39 is 0 Å². The first-order valence-electron chi connectivity index (χ1n) is 17.1. The van der Waals surface area contributed by atoms with Gasteiger partial charge in [0, 0.05) is 19.6 Å². The molecular formula is C34H68O6. The van der Waals surface area contributed by atoms with Gasteiger partial charge in [-0.05, 0) is 25.2 Å². The van der Waals surface area contributed by atoms with E-state index in [0.717, 1.165) is 31.8 Å². The van der Waals surface area contributed by atoms with Crippen LogP contribution in [0.2, 0.25) is 0 Å². The van der Waals surface area contributed by atoms with Crippen molar-refractivity contribution in [2.24, 2.45) is 5.92 Å². The van der Waals surface area contributed by atoms with E-state index in [-0.39, 0.29) is 5.97 Å². The Morgan fingerprint density at radius 2 is 0.825 bits per heavy atom. The molecule has 6 heteroatoms. The molecule has 0 aliphatic carbocycles. The summed E-state index contributed by atoms with van der Waals surface area (Å²) in [6.07, 6.45) is 24.8. The summed E-state index contributed by atoms with van der Waals surface area (Å²) in [5.74, 6) is 0.752. The summed E-state index contributed by atoms with van der Waals surface area (Å²) in [6.45, 7) is 12.3. The molecule has 0 rings (SSSR count). The summed E-state index contributed by atoms with van der Waals surface area (Å²) < 4.78 is 27.4. The lowest BCUT2D eigenvalue weighted by Crippen LogP contribution is -2.12. The minimum atomic E-state index is -0.109. The molecule has 0 bridgehead atoms. The summed E-state index contributed by atoms with van der Waals surface area (Å²) >= 11 is 0. The van der Waals surface area contributed by atoms with E-state index in [1.165, 1.54) is 96.3 Å². The van der Waals surface area contributed by atoms with E-state index in [9.17, 15) is 4.79 Å². The number of hydrogen-bond donors (Lipinski definition) is 0. The Morgan fingerprint density at radius 3 is 1.30 bits per heavy atom. The maximum absolute atomic E-state index is 11.8. The monoisotopic (exact) mass is 573 g/mol. The predicted octanol–water partition coefficient (Wildman–Crippen LogP) is 9.07. The minimum absolute atomic E-state index is 0.109. The van der Waals surface area contributed by atoms with E-state index in [1.807, 2.05) is 0 Å². The van der Waals surface area contributed by atoms with Crippen LogP contribution in [0.15, 0.2) is 0 Å². The molecule has 0 aliphatic rings. The van der Waals surface area contributed by atoms with Crippen molar-refractivity contribution in [3.63, 3.8) is 0 Å². The molecule has 0 N–H and O–H groups in total. The van der Waals surface area contributed by atoms with Gasteiger partial charge in [-0.15, -0.1) is 0 Å². The highest BCUT2D eigenvalue weighted by Gasteiger charge is 2.03. The van der Waals surface area contributed by atoms with Crippen LogP contribution in [0, 0.1) is 5.92 Å². The van der Waals surface area contributed by atoms with Crippen molar-refractivity contribution in [2.75, 3.05) is 59.5 Å². The van der Waals surface area contributed by atoms with Gasteiger partial charge in [0.05, 0.1) is 46.2 Å². The van der Waals surface area contributed by atoms with Gasteiger partial charge in [0.15, 0.2) is 0 Å². The molecule has 0 atom stereocenters. The number of carbonyl (C=O) groups is 1. The molecule has 0 aliphatic heterocycles. The van der Waals surface area contributed by atoms with Crippen LogP contribution in [0.25, 0.3) is 0 Å². The number of hydrogen-bond acceptors (Lipinski definition) is 6. The van der Waals surface area contributed by atoms with E-state index in [0.29, 0.717) is 65.7 Å². The van der Waals surface area contributed by atoms with Gasteiger partial charge < -0.3 is 23.7 Å². The maximum Gasteiger partial charge on any atom is 0.305 e. The van der Waals surface area contributed by atoms with Crippen molar-refractivity contribution < 1.29 is 28.5 Å². The largest absolute Gasteiger partial charge is 0.466 e. The lowest BCUT2D eigenvalue weighted by Gasteiger charge is -2.08. The predicted molar refractivity (Wildman–Crippen MR) is 167 cm³/mol. The van der Waals surface area contributed by atoms with Crippen LogP contribution in [0.4, 0.5) is 0 Å². The Morgan fingerprint density at radius 1 is 0.450 bits per heavy atom. The Balaban J connectivity index is 3.15. The van der Waals surface area contributed by atoms with Gasteiger partial charge in [-0.1, -0.05) is 124 Å². The molecule has 0 spiro atoms. The van der Waals surface area contributed by atoms with Crippen LogP contribution < -0.4 is 0 Å². The second-order valence-corrected chi connectivity index (χ2v) is 11.6. The number of carbonyl (C=O) groups excluding carboxylic acids is 1. The quantitative estimate of drug-likeness (QED) is 0.0566. The van der Waals surface area contributed by atoms with Gasteiger partial charge in [-0.3, -0.25) is 4.79 Å². The summed E-state index contributed by atoms with van der Waals surface area (Å²) in [6, 6.07) is 0. The summed E-state index contributed by atoms with van der Waals surface area (Å²) in [5, 5.41) is 0. The highest BCUT2D eigenvalue weighted by Crippen LogP contribution is 2.14. The Hall–Kier alpha value is -0.690. The van der Waals surface area contributed by atoms with E-state index in [4.69, 9.17) is 23.7 Å². The summed E-state index contributed by atoms with van der Waals surface area (Å²) in [5.41, 5.74) is 0. The average molecular weight is 573 g/mol. The molecule has 240 valence electrons. The van der Waals surface area contributed by atoms with Crippen molar-refractivity contribution in [1.29, 1.82) is 0 Å². The van der Waals surface area contributed by atoms with Crippen LogP contribution in [0.3, 0.4) is 0 Å². The average Bonchev–Trinajstić information content (AvgIpc) is 2.94. The first-order valence-corrected chi connectivity index (χ1v) is 17.1. The number of esters is 1. The Bertz CT molecular complexity index is 485. The fourth-order valence-electron chi connectivity index (χ4n) is 4.57. The fraction of sp³-hybridized carbons (Fsp3) is 0.971. The smallest absolute Gasteiger partial charge is 0.305 e. The molecule has 0 amide bonds. The SMILES string of the molecule is CCCCCCOCCOCCOCCOCCCC(=O)OCCCCCCCCCCCCCCCC(C)C. The van der Waals surface area contributed by atoms with Gasteiger partial charge in [-0.2, -0.15) is 0 Å². The van der Waals surface area contributed by atoms with E-state index in [2.05, 4.69) is 20.8 Å². The van der Waals surface area contributed by atoms with Crippen molar-refractivity contribution in [3.8, 4) is 0 Å². The van der Waals surface area contributed by atoms with Crippen molar-refractivity contribution in [3.05, 3.63) is 0 Å². The molecule has 0 unspecified atom stereocenters. The number of unbranched alkanes of at least 4 members (excludes halogenated alkanes) is 15. The minimum Gasteiger partial charge on any atom is -0.466 e. The van der Waals surface area contributed by atoms with Crippen LogP contribution in [0.5, 0.6) is 0 Å². The molecule has 0 saturated carbocycles. The Labute approximate surface area is 249 Å². The Kier molecular flexibility index (Phi) is 33.9. The zero-order valence-electron chi connectivity index (χ0n) is 27.0. The normalized spacial score (nSPS) is 11.5. The zero-order valence-corrected chi connectivity index (χ0v) is 27.0. The third kappa shape index (κ3) is 35.3. The zero-order chi connectivity index (χ0) is 29.2. The second-order valence-electron chi connectivity index (χ2n) is 11.6. The summed E-state index contributed by atoms with van der Waals surface area (Å²) in [7, 11) is 0. The van der Waals surface area contributed by atoms with Gasteiger partial charge >= 0.3 is 5.97 Å². The maximum atomic E-state index is 11.8. The van der Waals surface area contributed by atoms with Crippen molar-refractivity contribution >= 4 is 5.97 Å². The highest BCUT2D eigenvalue weighted by atomic mass is 16.6. The first kappa shape index (κ1) is 39.3. The lowest BCUT2D eigenvalue weighted by molar-refractivity contribution is -0.144. The molecule has 0 radical (unpaired) electrons. The van der Waals surface area contributed by atoms with Crippen molar-refractivity contribution in [2.45, 2.75) is 149 Å². The molecule has 0 aromatic rings. The number of rotatable bonds is 34. The molecule has 0 saturated heterocycles. The van der Waals surface area contributed by atoms with Crippen LogP contribution in [-0.2, 0) is 28.5 Å². The standard InChI is InChI=1S/C34H68O6/c1-4-5-6-19-24-36-27-29-38-31-32-39-30-28-37-25-21-23-34(35)40-26-20-17-15-13-11-9-7-8-10-12-14-16-18-22-33(2)3/h33H,4-32H2,1-3H3. The molecule has 0 fully saturated rings. The van der Waals surface area contributed by atoms with Gasteiger partial charge in [0.1, 0.15) is 0 Å². The number of ether oxygens (including phenoxy) is 5. The topological polar surface area (TPSA) is 63.2 Å². The van der Waals surface area contributed by atoms with Crippen LogP contribution in [-0.4, -0.2) is 65.4 Å². The molecule has 0 aromatic heterocycles. The lowest BCUT2D eigenvalue weighted by atomic mass is 10.0. The van der Waals surface area contributed by atoms with Crippen molar-refractivity contribution in [1.82, 2.24) is 0 Å². The summed E-state index contributed by atoms with van der Waals surface area (Å²) in [4.78, 5) is 11.8. The molecular weight excluding hydrogens is 504 g/mol. The molecule has 40 heavy (non-hydrogen) atoms. The molecule has 6 nitrogen and oxygen atoms in total. The fourth-order valence-corrected chi connectivity index (χ4v) is 4.57. The molecule has 0 aromatic carbocycles. The highest BCUT2D eigenvalue weighted by molar-refractivity contribution is 5.69. The second kappa shape index (κ2) is 34.5. The van der Waals surface area contributed by atoms with E-state index >= 15 is 0 Å². The van der Waals surface area contributed by atoms with Gasteiger partial charge in [0.25, 0.3) is 0 Å². The first-order chi connectivity index (χ1) is 19.7. The van der Waals surface area contributed by atoms with Gasteiger partial charge in [0.2, 0.25) is 0 Å². The van der Waals surface area contributed by atoms with Gasteiger partial charge in [-0.25, -0.2) is 0 Å². The third-order valence-electron chi connectivity index (χ3n) is 7.12. The van der Waals surface area contributed by atoms with Crippen LogP contribution >= 0.6 is 0 Å². The third-order valence-corrected chi connectivity index (χ3v) is 7.12. The van der Waals surface area contributed by atoms with Crippen LogP contribution in [0.1, 0.15) is 149 Å². The van der Waals surface area contributed by atoms with E-state index in [1.54, 1.807) is 0 Å². The molecule has 0 heterocycles.